The molecule has 1 aliphatic rings. The van der Waals surface area contributed by atoms with Gasteiger partial charge in [-0.3, -0.25) is 9.59 Å². The van der Waals surface area contributed by atoms with Crippen molar-refractivity contribution in [1.29, 1.82) is 0 Å². The van der Waals surface area contributed by atoms with Gasteiger partial charge in [0.15, 0.2) is 0 Å². The Hall–Kier alpha value is -2.05. The minimum absolute atomic E-state index is 0.168. The predicted molar refractivity (Wildman–Crippen MR) is 75.1 cm³/mol. The number of benzene rings is 1. The van der Waals surface area contributed by atoms with Gasteiger partial charge in [-0.05, 0) is 37.1 Å². The highest BCUT2D eigenvalue weighted by Crippen LogP contribution is 2.29. The standard InChI is InChI=1S/C15H17F3N2O2/c16-15(17,18)11-5-7-12(8-6-11)19-13(21)14(22)20-9-3-1-2-4-10-20/h5-8H,1-4,9-10H2,(H,19,21). The average Bonchev–Trinajstić information content (AvgIpc) is 2.75. The Morgan fingerprint density at radius 3 is 2.00 bits per heavy atom. The predicted octanol–water partition coefficient (Wildman–Crippen LogP) is 3.05. The quantitative estimate of drug-likeness (QED) is 0.810. The molecule has 4 nitrogen and oxygen atoms in total. The van der Waals surface area contributed by atoms with E-state index in [9.17, 15) is 22.8 Å². The van der Waals surface area contributed by atoms with Crippen LogP contribution in [0.1, 0.15) is 31.2 Å². The van der Waals surface area contributed by atoms with E-state index in [-0.39, 0.29) is 5.69 Å². The average molecular weight is 314 g/mol. The van der Waals surface area contributed by atoms with Crippen molar-refractivity contribution in [2.75, 3.05) is 18.4 Å². The lowest BCUT2D eigenvalue weighted by molar-refractivity contribution is -0.143. The van der Waals surface area contributed by atoms with Crippen molar-refractivity contribution in [3.05, 3.63) is 29.8 Å². The maximum Gasteiger partial charge on any atom is 0.416 e. The Labute approximate surface area is 126 Å². The fourth-order valence-electron chi connectivity index (χ4n) is 2.34. The van der Waals surface area contributed by atoms with Crippen LogP contribution in [0.2, 0.25) is 0 Å². The van der Waals surface area contributed by atoms with Gasteiger partial charge in [0.05, 0.1) is 5.56 Å². The highest BCUT2D eigenvalue weighted by Gasteiger charge is 2.30. The van der Waals surface area contributed by atoms with E-state index in [0.717, 1.165) is 49.9 Å². The van der Waals surface area contributed by atoms with Crippen molar-refractivity contribution in [1.82, 2.24) is 4.90 Å². The molecule has 1 aromatic rings. The van der Waals surface area contributed by atoms with Gasteiger partial charge >= 0.3 is 18.0 Å². The number of rotatable bonds is 1. The monoisotopic (exact) mass is 314 g/mol. The van der Waals surface area contributed by atoms with Crippen molar-refractivity contribution in [2.24, 2.45) is 0 Å². The molecule has 0 atom stereocenters. The van der Waals surface area contributed by atoms with Gasteiger partial charge in [0.25, 0.3) is 0 Å². The highest BCUT2D eigenvalue weighted by molar-refractivity contribution is 6.39. The summed E-state index contributed by atoms with van der Waals surface area (Å²) in [6.45, 7) is 1.08. The van der Waals surface area contributed by atoms with E-state index in [0.29, 0.717) is 13.1 Å². The zero-order valence-corrected chi connectivity index (χ0v) is 11.9. The Balaban J connectivity index is 1.97. The summed E-state index contributed by atoms with van der Waals surface area (Å²) >= 11 is 0. The molecule has 1 N–H and O–H groups in total. The Morgan fingerprint density at radius 1 is 0.955 bits per heavy atom. The van der Waals surface area contributed by atoms with E-state index < -0.39 is 23.6 Å². The molecular weight excluding hydrogens is 297 g/mol. The summed E-state index contributed by atoms with van der Waals surface area (Å²) in [6.07, 6.45) is -0.641. The molecule has 0 saturated carbocycles. The van der Waals surface area contributed by atoms with Crippen LogP contribution in [0.4, 0.5) is 18.9 Å². The van der Waals surface area contributed by atoms with Crippen LogP contribution in [0.5, 0.6) is 0 Å². The van der Waals surface area contributed by atoms with Crippen LogP contribution in [0.3, 0.4) is 0 Å². The molecule has 0 unspecified atom stereocenters. The minimum Gasteiger partial charge on any atom is -0.334 e. The number of carbonyl (C=O) groups is 2. The second-order valence-electron chi connectivity index (χ2n) is 5.24. The van der Waals surface area contributed by atoms with Gasteiger partial charge in [-0.1, -0.05) is 12.8 Å². The fraction of sp³-hybridized carbons (Fsp3) is 0.467. The number of nitrogens with one attached hydrogen (secondary N) is 1. The van der Waals surface area contributed by atoms with Crippen LogP contribution >= 0.6 is 0 Å². The third-order valence-corrected chi connectivity index (χ3v) is 3.56. The van der Waals surface area contributed by atoms with Gasteiger partial charge in [-0.25, -0.2) is 0 Å². The van der Waals surface area contributed by atoms with E-state index >= 15 is 0 Å². The lowest BCUT2D eigenvalue weighted by atomic mass is 10.2. The number of anilines is 1. The van der Waals surface area contributed by atoms with Gasteiger partial charge < -0.3 is 10.2 Å². The molecule has 0 radical (unpaired) electrons. The number of hydrogen-bond donors (Lipinski definition) is 1. The highest BCUT2D eigenvalue weighted by atomic mass is 19.4. The molecule has 0 spiro atoms. The summed E-state index contributed by atoms with van der Waals surface area (Å²) in [6, 6.07) is 4.00. The van der Waals surface area contributed by atoms with Gasteiger partial charge in [-0.15, -0.1) is 0 Å². The van der Waals surface area contributed by atoms with Crippen molar-refractivity contribution >= 4 is 17.5 Å². The molecule has 2 rings (SSSR count). The fourth-order valence-corrected chi connectivity index (χ4v) is 2.34. The second kappa shape index (κ2) is 6.81. The number of nitrogens with zero attached hydrogens (tertiary/aromatic N) is 1. The van der Waals surface area contributed by atoms with Crippen molar-refractivity contribution in [3.63, 3.8) is 0 Å². The topological polar surface area (TPSA) is 49.4 Å². The zero-order valence-electron chi connectivity index (χ0n) is 11.9. The van der Waals surface area contributed by atoms with Crippen molar-refractivity contribution < 1.29 is 22.8 Å². The molecule has 2 amide bonds. The molecule has 22 heavy (non-hydrogen) atoms. The Morgan fingerprint density at radius 2 is 1.50 bits per heavy atom. The maximum absolute atomic E-state index is 12.4. The van der Waals surface area contributed by atoms with Crippen molar-refractivity contribution in [3.8, 4) is 0 Å². The van der Waals surface area contributed by atoms with Crippen LogP contribution < -0.4 is 5.32 Å². The van der Waals surface area contributed by atoms with E-state index in [2.05, 4.69) is 5.32 Å². The lowest BCUT2D eigenvalue weighted by Gasteiger charge is -2.19. The first kappa shape index (κ1) is 16.3. The van der Waals surface area contributed by atoms with Crippen LogP contribution in [0, 0.1) is 0 Å². The molecule has 7 heteroatoms. The number of alkyl halides is 3. The number of likely N-dealkylation sites (tertiary alicyclic amines) is 1. The molecule has 120 valence electrons. The number of halogens is 3. The molecule has 1 saturated heterocycles. The second-order valence-corrected chi connectivity index (χ2v) is 5.24. The number of hydrogen-bond acceptors (Lipinski definition) is 2. The molecule has 1 fully saturated rings. The third-order valence-electron chi connectivity index (χ3n) is 3.56. The molecule has 1 aliphatic heterocycles. The van der Waals surface area contributed by atoms with Crippen LogP contribution in [0.15, 0.2) is 24.3 Å². The lowest BCUT2D eigenvalue weighted by Crippen LogP contribution is -2.40. The van der Waals surface area contributed by atoms with E-state index in [4.69, 9.17) is 0 Å². The van der Waals surface area contributed by atoms with Crippen molar-refractivity contribution in [2.45, 2.75) is 31.9 Å². The maximum atomic E-state index is 12.4. The van der Waals surface area contributed by atoms with E-state index in [1.165, 1.54) is 4.90 Å². The number of amides is 2. The van der Waals surface area contributed by atoms with Gasteiger partial charge in [0, 0.05) is 18.8 Å². The number of carbonyl (C=O) groups excluding carboxylic acids is 2. The van der Waals surface area contributed by atoms with Crippen LogP contribution in [0.25, 0.3) is 0 Å². The SMILES string of the molecule is O=C(Nc1ccc(C(F)(F)F)cc1)C(=O)N1CCCCCC1. The van der Waals surface area contributed by atoms with Gasteiger partial charge in [0.2, 0.25) is 0 Å². The van der Waals surface area contributed by atoms with E-state index in [1.807, 2.05) is 0 Å². The zero-order chi connectivity index (χ0) is 16.2. The van der Waals surface area contributed by atoms with Crippen LogP contribution in [-0.4, -0.2) is 29.8 Å². The molecule has 0 aliphatic carbocycles. The summed E-state index contributed by atoms with van der Waals surface area (Å²) < 4.78 is 37.3. The molecular formula is C15H17F3N2O2. The largest absolute Gasteiger partial charge is 0.416 e. The first-order valence-electron chi connectivity index (χ1n) is 7.15. The third kappa shape index (κ3) is 4.22. The molecule has 1 aromatic carbocycles. The Bertz CT molecular complexity index is 533. The van der Waals surface area contributed by atoms with E-state index in [1.54, 1.807) is 0 Å². The normalized spacial score (nSPS) is 16.0. The minimum atomic E-state index is -4.43. The first-order chi connectivity index (χ1) is 10.4. The first-order valence-corrected chi connectivity index (χ1v) is 7.15. The smallest absolute Gasteiger partial charge is 0.334 e. The summed E-state index contributed by atoms with van der Waals surface area (Å²) in [5.41, 5.74) is -0.634. The Kier molecular flexibility index (Phi) is 5.05. The summed E-state index contributed by atoms with van der Waals surface area (Å²) in [4.78, 5) is 25.4. The molecule has 0 bridgehead atoms. The summed E-state index contributed by atoms with van der Waals surface area (Å²) in [5.74, 6) is -1.46. The summed E-state index contributed by atoms with van der Waals surface area (Å²) in [5, 5.41) is 2.34. The van der Waals surface area contributed by atoms with Crippen LogP contribution in [-0.2, 0) is 15.8 Å². The molecule has 1 heterocycles. The molecule has 0 aromatic heterocycles. The summed E-state index contributed by atoms with van der Waals surface area (Å²) in [7, 11) is 0. The van der Waals surface area contributed by atoms with Gasteiger partial charge in [0.1, 0.15) is 0 Å². The van der Waals surface area contributed by atoms with Gasteiger partial charge in [-0.2, -0.15) is 13.2 Å².